The highest BCUT2D eigenvalue weighted by Crippen LogP contribution is 2.16. The molecule has 110 valence electrons. The van der Waals surface area contributed by atoms with E-state index in [1.54, 1.807) is 0 Å². The fraction of sp³-hybridized carbons (Fsp3) is 0.562. The zero-order chi connectivity index (χ0) is 14.4. The molecule has 1 aliphatic heterocycles. The van der Waals surface area contributed by atoms with Gasteiger partial charge in [-0.15, -0.1) is 0 Å². The van der Waals surface area contributed by atoms with Gasteiger partial charge in [-0.2, -0.15) is 0 Å². The molecule has 0 aromatic heterocycles. The summed E-state index contributed by atoms with van der Waals surface area (Å²) >= 11 is 0. The summed E-state index contributed by atoms with van der Waals surface area (Å²) in [6, 6.07) is 7.93. The Balaban J connectivity index is 1.75. The molecule has 1 aromatic rings. The molecule has 20 heavy (non-hydrogen) atoms. The van der Waals surface area contributed by atoms with Gasteiger partial charge in [-0.1, -0.05) is 12.1 Å². The van der Waals surface area contributed by atoms with Gasteiger partial charge in [0, 0.05) is 5.69 Å². The Morgan fingerprint density at radius 2 is 2.10 bits per heavy atom. The zero-order valence-electron chi connectivity index (χ0n) is 12.5. The summed E-state index contributed by atoms with van der Waals surface area (Å²) in [5.74, 6) is 0.846. The lowest BCUT2D eigenvalue weighted by Gasteiger charge is -2.31. The minimum atomic E-state index is 0.0858. The van der Waals surface area contributed by atoms with E-state index >= 15 is 0 Å². The van der Waals surface area contributed by atoms with Crippen LogP contribution >= 0.6 is 0 Å². The molecule has 0 spiro atoms. The van der Waals surface area contributed by atoms with Crippen LogP contribution in [0.4, 0.5) is 5.69 Å². The molecule has 1 amide bonds. The molecule has 1 aromatic carbocycles. The van der Waals surface area contributed by atoms with Crippen molar-refractivity contribution in [2.24, 2.45) is 5.92 Å². The van der Waals surface area contributed by atoms with Gasteiger partial charge in [-0.25, -0.2) is 0 Å². The Bertz CT molecular complexity index is 439. The van der Waals surface area contributed by atoms with E-state index in [2.05, 4.69) is 15.5 Å². The van der Waals surface area contributed by atoms with Gasteiger partial charge in [-0.3, -0.25) is 9.69 Å². The minimum absolute atomic E-state index is 0.0858. The van der Waals surface area contributed by atoms with Gasteiger partial charge < -0.3 is 10.6 Å². The molecule has 4 nitrogen and oxygen atoms in total. The molecular formula is C16H25N3O. The SMILES string of the molecule is CNCC1CCN(CC(=O)Nc2cccc(C)c2)CC1. The third-order valence-electron chi connectivity index (χ3n) is 3.87. The number of benzene rings is 1. The van der Waals surface area contributed by atoms with Crippen molar-refractivity contribution in [2.75, 3.05) is 38.5 Å². The monoisotopic (exact) mass is 275 g/mol. The largest absolute Gasteiger partial charge is 0.325 e. The number of nitrogens with one attached hydrogen (secondary N) is 2. The number of anilines is 1. The fourth-order valence-electron chi connectivity index (χ4n) is 2.76. The van der Waals surface area contributed by atoms with Crippen molar-refractivity contribution in [1.29, 1.82) is 0 Å². The summed E-state index contributed by atoms with van der Waals surface area (Å²) in [6.45, 7) is 5.66. The molecule has 1 heterocycles. The maximum atomic E-state index is 12.0. The first-order valence-corrected chi connectivity index (χ1v) is 7.41. The predicted octanol–water partition coefficient (Wildman–Crippen LogP) is 1.86. The number of hydrogen-bond acceptors (Lipinski definition) is 3. The van der Waals surface area contributed by atoms with Crippen LogP contribution in [0, 0.1) is 12.8 Å². The van der Waals surface area contributed by atoms with Crippen molar-refractivity contribution in [3.05, 3.63) is 29.8 Å². The van der Waals surface area contributed by atoms with Crippen LogP contribution in [-0.4, -0.2) is 44.0 Å². The van der Waals surface area contributed by atoms with Crippen molar-refractivity contribution in [3.8, 4) is 0 Å². The van der Waals surface area contributed by atoms with E-state index in [-0.39, 0.29) is 5.91 Å². The first-order chi connectivity index (χ1) is 9.67. The van der Waals surface area contributed by atoms with Gasteiger partial charge in [0.2, 0.25) is 5.91 Å². The summed E-state index contributed by atoms with van der Waals surface area (Å²) in [4.78, 5) is 14.3. The third-order valence-corrected chi connectivity index (χ3v) is 3.87. The van der Waals surface area contributed by atoms with E-state index in [9.17, 15) is 4.79 Å². The lowest BCUT2D eigenvalue weighted by atomic mass is 9.97. The number of nitrogens with zero attached hydrogens (tertiary/aromatic N) is 1. The number of rotatable bonds is 5. The van der Waals surface area contributed by atoms with Crippen LogP contribution in [0.3, 0.4) is 0 Å². The van der Waals surface area contributed by atoms with E-state index in [1.807, 2.05) is 38.2 Å². The third kappa shape index (κ3) is 4.62. The van der Waals surface area contributed by atoms with E-state index < -0.39 is 0 Å². The first kappa shape index (κ1) is 15.0. The highest BCUT2D eigenvalue weighted by molar-refractivity contribution is 5.92. The van der Waals surface area contributed by atoms with Crippen LogP contribution in [0.2, 0.25) is 0 Å². The lowest BCUT2D eigenvalue weighted by molar-refractivity contribution is -0.117. The summed E-state index contributed by atoms with van der Waals surface area (Å²) < 4.78 is 0. The van der Waals surface area contributed by atoms with Crippen molar-refractivity contribution in [1.82, 2.24) is 10.2 Å². The Labute approximate surface area is 121 Å². The Kier molecular flexibility index (Phi) is 5.56. The molecular weight excluding hydrogens is 250 g/mol. The van der Waals surface area contributed by atoms with Crippen molar-refractivity contribution < 1.29 is 4.79 Å². The Morgan fingerprint density at radius 3 is 2.75 bits per heavy atom. The quantitative estimate of drug-likeness (QED) is 0.862. The Hall–Kier alpha value is -1.39. The van der Waals surface area contributed by atoms with Crippen LogP contribution in [0.25, 0.3) is 0 Å². The van der Waals surface area contributed by atoms with E-state index in [1.165, 1.54) is 12.8 Å². The average molecular weight is 275 g/mol. The summed E-state index contributed by atoms with van der Waals surface area (Å²) in [5, 5.41) is 6.21. The standard InChI is InChI=1S/C16H25N3O/c1-13-4-3-5-15(10-13)18-16(20)12-19-8-6-14(7-9-19)11-17-2/h3-5,10,14,17H,6-9,11-12H2,1-2H3,(H,18,20). The van der Waals surface area contributed by atoms with Gasteiger partial charge in [0.25, 0.3) is 0 Å². The normalized spacial score (nSPS) is 17.1. The Morgan fingerprint density at radius 1 is 1.35 bits per heavy atom. The second-order valence-corrected chi connectivity index (χ2v) is 5.69. The number of aryl methyl sites for hydroxylation is 1. The minimum Gasteiger partial charge on any atom is -0.325 e. The molecule has 0 atom stereocenters. The van der Waals surface area contributed by atoms with Gasteiger partial charge in [0.1, 0.15) is 0 Å². The summed E-state index contributed by atoms with van der Waals surface area (Å²) in [6.07, 6.45) is 2.36. The van der Waals surface area contributed by atoms with Crippen molar-refractivity contribution in [3.63, 3.8) is 0 Å². The van der Waals surface area contributed by atoms with Gasteiger partial charge in [0.15, 0.2) is 0 Å². The smallest absolute Gasteiger partial charge is 0.238 e. The first-order valence-electron chi connectivity index (χ1n) is 7.41. The maximum Gasteiger partial charge on any atom is 0.238 e. The molecule has 2 N–H and O–H groups in total. The van der Waals surface area contributed by atoms with Crippen LogP contribution < -0.4 is 10.6 Å². The number of hydrogen-bond donors (Lipinski definition) is 2. The van der Waals surface area contributed by atoms with Gasteiger partial charge in [0.05, 0.1) is 6.54 Å². The average Bonchev–Trinajstić information content (AvgIpc) is 2.41. The highest BCUT2D eigenvalue weighted by atomic mass is 16.2. The topological polar surface area (TPSA) is 44.4 Å². The molecule has 0 aliphatic carbocycles. The molecule has 0 bridgehead atoms. The second kappa shape index (κ2) is 7.41. The summed E-state index contributed by atoms with van der Waals surface area (Å²) in [7, 11) is 2.00. The van der Waals surface area contributed by atoms with Crippen LogP contribution in [0.1, 0.15) is 18.4 Å². The molecule has 2 rings (SSSR count). The predicted molar refractivity (Wildman–Crippen MR) is 82.9 cm³/mol. The maximum absolute atomic E-state index is 12.0. The summed E-state index contributed by atoms with van der Waals surface area (Å²) in [5.41, 5.74) is 2.05. The van der Waals surface area contributed by atoms with E-state index in [4.69, 9.17) is 0 Å². The van der Waals surface area contributed by atoms with Crippen LogP contribution in [-0.2, 0) is 4.79 Å². The number of likely N-dealkylation sites (tertiary alicyclic amines) is 1. The van der Waals surface area contributed by atoms with Crippen molar-refractivity contribution >= 4 is 11.6 Å². The van der Waals surface area contributed by atoms with E-state index in [0.29, 0.717) is 6.54 Å². The number of carbonyl (C=O) groups excluding carboxylic acids is 1. The molecule has 0 unspecified atom stereocenters. The molecule has 4 heteroatoms. The molecule has 1 aliphatic rings. The highest BCUT2D eigenvalue weighted by Gasteiger charge is 2.20. The fourth-order valence-corrected chi connectivity index (χ4v) is 2.76. The van der Waals surface area contributed by atoms with Crippen LogP contribution in [0.5, 0.6) is 0 Å². The van der Waals surface area contributed by atoms with Gasteiger partial charge in [-0.05, 0) is 70.1 Å². The number of carbonyl (C=O) groups is 1. The van der Waals surface area contributed by atoms with Crippen LogP contribution in [0.15, 0.2) is 24.3 Å². The number of piperidine rings is 1. The van der Waals surface area contributed by atoms with Crippen molar-refractivity contribution in [2.45, 2.75) is 19.8 Å². The van der Waals surface area contributed by atoms with Gasteiger partial charge >= 0.3 is 0 Å². The number of amides is 1. The second-order valence-electron chi connectivity index (χ2n) is 5.69. The molecule has 0 radical (unpaired) electrons. The molecule has 0 saturated carbocycles. The molecule has 1 saturated heterocycles. The lowest BCUT2D eigenvalue weighted by Crippen LogP contribution is -2.40. The zero-order valence-corrected chi connectivity index (χ0v) is 12.5. The molecule has 1 fully saturated rings. The van der Waals surface area contributed by atoms with E-state index in [0.717, 1.165) is 36.8 Å².